The van der Waals surface area contributed by atoms with Crippen molar-refractivity contribution >= 4 is 23.6 Å². The fraction of sp³-hybridized carbons (Fsp3) is 0.733. The summed E-state index contributed by atoms with van der Waals surface area (Å²) < 4.78 is 16.2. The molecule has 2 aliphatic heterocycles. The molecule has 14 nitrogen and oxygen atoms in total. The van der Waals surface area contributed by atoms with Crippen molar-refractivity contribution in [1.29, 1.82) is 0 Å². The van der Waals surface area contributed by atoms with E-state index in [9.17, 15) is 29.8 Å². The highest BCUT2D eigenvalue weighted by molar-refractivity contribution is 5.68. The van der Waals surface area contributed by atoms with Crippen LogP contribution < -0.4 is 4.74 Å². The molecular weight excluding hydrogens is 576 g/mol. The summed E-state index contributed by atoms with van der Waals surface area (Å²) in [7, 11) is 0. The number of amides is 2. The van der Waals surface area contributed by atoms with E-state index in [0.29, 0.717) is 31.5 Å². The second kappa shape index (κ2) is 16.4. The minimum Gasteiger partial charge on any atom is -0.493 e. The Bertz CT molecular complexity index is 1120. The number of aliphatic hydroxyl groups is 1. The lowest BCUT2D eigenvalue weighted by Crippen LogP contribution is -2.41. The molecule has 1 N–H and O–H groups in total. The number of nitro groups is 2. The molecular formula is C30H48N4O10. The molecule has 0 radical (unpaired) electrons. The molecule has 2 aliphatic rings. The number of aliphatic hydroxyl groups excluding tert-OH is 1. The van der Waals surface area contributed by atoms with Crippen LogP contribution >= 0.6 is 0 Å². The van der Waals surface area contributed by atoms with Crippen LogP contribution in [-0.2, 0) is 9.47 Å². The predicted molar refractivity (Wildman–Crippen MR) is 163 cm³/mol. The van der Waals surface area contributed by atoms with Gasteiger partial charge in [0, 0.05) is 38.9 Å². The lowest BCUT2D eigenvalue weighted by molar-refractivity contribution is -0.422. The van der Waals surface area contributed by atoms with Gasteiger partial charge in [0.25, 0.3) is 0 Å². The number of carbonyl (C=O) groups is 2. The van der Waals surface area contributed by atoms with Crippen molar-refractivity contribution in [2.45, 2.75) is 91.3 Å². The molecule has 2 heterocycles. The van der Waals surface area contributed by atoms with Crippen LogP contribution in [0.15, 0.2) is 18.2 Å². The lowest BCUT2D eigenvalue weighted by Gasteiger charge is -2.33. The van der Waals surface area contributed by atoms with Crippen LogP contribution in [0.3, 0.4) is 0 Å². The monoisotopic (exact) mass is 624 g/mol. The van der Waals surface area contributed by atoms with Crippen molar-refractivity contribution < 1.29 is 38.8 Å². The number of likely N-dealkylation sites (tertiary alicyclic amines) is 2. The van der Waals surface area contributed by atoms with Gasteiger partial charge in [-0.1, -0.05) is 0 Å². The first-order chi connectivity index (χ1) is 20.5. The van der Waals surface area contributed by atoms with E-state index < -0.39 is 32.4 Å². The zero-order valence-corrected chi connectivity index (χ0v) is 26.8. The van der Waals surface area contributed by atoms with Crippen LogP contribution in [0.2, 0.25) is 0 Å². The van der Waals surface area contributed by atoms with E-state index in [-0.39, 0.29) is 24.5 Å². The van der Waals surface area contributed by atoms with Crippen molar-refractivity contribution in [3.05, 3.63) is 38.4 Å². The topological polar surface area (TPSA) is 175 Å². The number of hydrogen-bond acceptors (Lipinski definition) is 10. The first-order valence-corrected chi connectivity index (χ1v) is 15.1. The standard InChI is InChI=1S/C18H25N3O7.C12H23NO3/c1-18(2,3)28-17(22)19-9-6-13(7-10-19)8-11-27-14-4-5-15(20(23)24)16(12-14)21(25)26;1-12(2,3)16-11(15)13-7-4-10(5-8-13)6-9-14/h4-5,12-13H,6-11H2,1-3H3;10,14H,4-9H2,1-3H3. The molecule has 1 aromatic carbocycles. The van der Waals surface area contributed by atoms with Crippen LogP contribution in [0.25, 0.3) is 0 Å². The third-order valence-electron chi connectivity index (χ3n) is 7.20. The molecule has 2 saturated heterocycles. The summed E-state index contributed by atoms with van der Waals surface area (Å²) in [6.45, 7) is 14.4. The van der Waals surface area contributed by atoms with Crippen LogP contribution in [0.1, 0.15) is 80.1 Å². The van der Waals surface area contributed by atoms with Gasteiger partial charge in [0.15, 0.2) is 0 Å². The normalized spacial score (nSPS) is 16.4. The van der Waals surface area contributed by atoms with E-state index in [1.807, 2.05) is 41.5 Å². The summed E-state index contributed by atoms with van der Waals surface area (Å²) >= 11 is 0. The van der Waals surface area contributed by atoms with Crippen LogP contribution in [0, 0.1) is 32.1 Å². The summed E-state index contributed by atoms with van der Waals surface area (Å²) in [6.07, 6.45) is 4.65. The van der Waals surface area contributed by atoms with E-state index >= 15 is 0 Å². The van der Waals surface area contributed by atoms with Gasteiger partial charge in [0.2, 0.25) is 0 Å². The number of ether oxygens (including phenoxy) is 3. The fourth-order valence-corrected chi connectivity index (χ4v) is 4.88. The van der Waals surface area contributed by atoms with Gasteiger partial charge in [0.05, 0.1) is 22.5 Å². The number of piperidine rings is 2. The van der Waals surface area contributed by atoms with Crippen LogP contribution in [0.5, 0.6) is 5.75 Å². The molecule has 3 rings (SSSR count). The molecule has 2 amide bonds. The third kappa shape index (κ3) is 12.9. The van der Waals surface area contributed by atoms with Gasteiger partial charge in [-0.15, -0.1) is 0 Å². The molecule has 0 spiro atoms. The second-order valence-electron chi connectivity index (χ2n) is 13.1. The smallest absolute Gasteiger partial charge is 0.410 e. The summed E-state index contributed by atoms with van der Waals surface area (Å²) in [5.74, 6) is 1.15. The molecule has 14 heteroatoms. The lowest BCUT2D eigenvalue weighted by atomic mass is 9.94. The summed E-state index contributed by atoms with van der Waals surface area (Å²) in [4.78, 5) is 47.5. The zero-order chi connectivity index (χ0) is 33.1. The molecule has 0 saturated carbocycles. The Hall–Kier alpha value is -3.68. The Balaban J connectivity index is 0.000000358. The van der Waals surface area contributed by atoms with Crippen molar-refractivity contribution in [3.63, 3.8) is 0 Å². The quantitative estimate of drug-likeness (QED) is 0.269. The minimum absolute atomic E-state index is 0.213. The number of benzene rings is 1. The first-order valence-electron chi connectivity index (χ1n) is 15.1. The van der Waals surface area contributed by atoms with Gasteiger partial charge in [0.1, 0.15) is 17.0 Å². The number of rotatable bonds is 8. The average molecular weight is 625 g/mol. The van der Waals surface area contributed by atoms with Crippen molar-refractivity contribution in [2.75, 3.05) is 39.4 Å². The predicted octanol–water partition coefficient (Wildman–Crippen LogP) is 5.93. The highest BCUT2D eigenvalue weighted by Gasteiger charge is 2.28. The Morgan fingerprint density at radius 2 is 1.23 bits per heavy atom. The minimum atomic E-state index is -0.794. The zero-order valence-electron chi connectivity index (χ0n) is 26.8. The molecule has 0 aliphatic carbocycles. The number of nitro benzene ring substituents is 2. The molecule has 1 aromatic rings. The number of hydrogen-bond donors (Lipinski definition) is 1. The summed E-state index contributed by atoms with van der Waals surface area (Å²) in [6, 6.07) is 3.51. The molecule has 0 aromatic heterocycles. The Morgan fingerprint density at radius 1 is 0.795 bits per heavy atom. The van der Waals surface area contributed by atoms with Crippen LogP contribution in [-0.4, -0.2) is 87.5 Å². The maximum Gasteiger partial charge on any atom is 0.410 e. The van der Waals surface area contributed by atoms with E-state index in [1.54, 1.807) is 9.80 Å². The second-order valence-corrected chi connectivity index (χ2v) is 13.1. The van der Waals surface area contributed by atoms with Gasteiger partial charge in [-0.3, -0.25) is 20.2 Å². The third-order valence-corrected chi connectivity index (χ3v) is 7.20. The van der Waals surface area contributed by atoms with Crippen LogP contribution in [0.4, 0.5) is 21.0 Å². The van der Waals surface area contributed by atoms with Crippen molar-refractivity contribution in [2.24, 2.45) is 11.8 Å². The maximum absolute atomic E-state index is 12.1. The van der Waals surface area contributed by atoms with Crippen molar-refractivity contribution in [1.82, 2.24) is 9.80 Å². The van der Waals surface area contributed by atoms with Gasteiger partial charge in [-0.25, -0.2) is 9.59 Å². The highest BCUT2D eigenvalue weighted by Crippen LogP contribution is 2.31. The molecule has 2 fully saturated rings. The van der Waals surface area contributed by atoms with Gasteiger partial charge in [-0.05, 0) is 98.0 Å². The Labute approximate surface area is 258 Å². The fourth-order valence-electron chi connectivity index (χ4n) is 4.88. The summed E-state index contributed by atoms with van der Waals surface area (Å²) in [5.41, 5.74) is -2.09. The van der Waals surface area contributed by atoms with Gasteiger partial charge in [-0.2, -0.15) is 0 Å². The van der Waals surface area contributed by atoms with Gasteiger partial charge >= 0.3 is 23.6 Å². The highest BCUT2D eigenvalue weighted by atomic mass is 16.6. The largest absolute Gasteiger partial charge is 0.493 e. The number of carbonyl (C=O) groups excluding carboxylic acids is 2. The molecule has 248 valence electrons. The Kier molecular flexibility index (Phi) is 13.6. The Morgan fingerprint density at radius 3 is 1.61 bits per heavy atom. The van der Waals surface area contributed by atoms with E-state index in [2.05, 4.69) is 0 Å². The first kappa shape index (κ1) is 36.5. The SMILES string of the molecule is CC(C)(C)OC(=O)N1CCC(CCO)CC1.CC(C)(C)OC(=O)N1CCC(CCOc2ccc([N+](=O)[O-])c([N+](=O)[O-])c2)CC1. The van der Waals surface area contributed by atoms with Gasteiger partial charge < -0.3 is 29.1 Å². The number of nitrogens with zero attached hydrogens (tertiary/aromatic N) is 4. The van der Waals surface area contributed by atoms with Crippen molar-refractivity contribution in [3.8, 4) is 5.75 Å². The molecule has 0 unspecified atom stereocenters. The van der Waals surface area contributed by atoms with E-state index in [0.717, 1.165) is 63.7 Å². The van der Waals surface area contributed by atoms with E-state index in [4.69, 9.17) is 19.3 Å². The molecule has 44 heavy (non-hydrogen) atoms. The maximum atomic E-state index is 12.1. The average Bonchev–Trinajstić information content (AvgIpc) is 2.92. The molecule has 0 bridgehead atoms. The molecule has 0 atom stereocenters. The van der Waals surface area contributed by atoms with E-state index in [1.165, 1.54) is 6.07 Å². The summed E-state index contributed by atoms with van der Waals surface area (Å²) in [5, 5.41) is 30.6.